The van der Waals surface area contributed by atoms with Crippen molar-refractivity contribution in [3.63, 3.8) is 0 Å². The first-order valence-corrected chi connectivity index (χ1v) is 5.65. The third-order valence-electron chi connectivity index (χ3n) is 1.93. The highest BCUT2D eigenvalue weighted by Gasteiger charge is 2.18. The van der Waals surface area contributed by atoms with Crippen molar-refractivity contribution in [1.82, 2.24) is 0 Å². The number of amides is 2. The molecule has 4 heteroatoms. The minimum Gasteiger partial charge on any atom is -0.274 e. The number of carbonyl (C=O) groups excluding carboxylic acids is 2. The third-order valence-corrected chi connectivity index (χ3v) is 1.93. The van der Waals surface area contributed by atoms with Crippen LogP contribution in [0, 0.1) is 5.82 Å². The number of anilines is 1. The van der Waals surface area contributed by atoms with Gasteiger partial charge in [0.25, 0.3) is 0 Å². The fourth-order valence-corrected chi connectivity index (χ4v) is 1.27. The summed E-state index contributed by atoms with van der Waals surface area (Å²) in [5.74, 6) is -1.22. The summed E-state index contributed by atoms with van der Waals surface area (Å²) in [5, 5.41) is 0. The lowest BCUT2D eigenvalue weighted by atomic mass is 10.2. The van der Waals surface area contributed by atoms with E-state index in [1.54, 1.807) is 6.92 Å². The van der Waals surface area contributed by atoms with E-state index in [9.17, 15) is 14.0 Å². The third kappa shape index (κ3) is 4.34. The van der Waals surface area contributed by atoms with Crippen molar-refractivity contribution in [3.05, 3.63) is 30.1 Å². The van der Waals surface area contributed by atoms with E-state index >= 15 is 0 Å². The molecule has 0 aromatic heterocycles. The summed E-state index contributed by atoms with van der Waals surface area (Å²) in [6, 6.07) is 5.41. The fourth-order valence-electron chi connectivity index (χ4n) is 1.27. The Kier molecular flexibility index (Phi) is 6.79. The van der Waals surface area contributed by atoms with E-state index in [0.717, 1.165) is 11.0 Å². The second kappa shape index (κ2) is 7.54. The van der Waals surface area contributed by atoms with Crippen LogP contribution in [0.1, 0.15) is 34.1 Å². The van der Waals surface area contributed by atoms with Crippen molar-refractivity contribution in [2.75, 3.05) is 4.90 Å². The van der Waals surface area contributed by atoms with E-state index in [-0.39, 0.29) is 18.0 Å². The molecule has 0 radical (unpaired) electrons. The lowest BCUT2D eigenvalue weighted by Crippen LogP contribution is -2.34. The summed E-state index contributed by atoms with van der Waals surface area (Å²) in [7, 11) is 0. The van der Waals surface area contributed by atoms with Gasteiger partial charge in [0.15, 0.2) is 0 Å². The average molecular weight is 239 g/mol. The zero-order valence-electron chi connectivity index (χ0n) is 10.7. The molecule has 0 saturated carbocycles. The number of nitrogens with zero attached hydrogens (tertiary/aromatic N) is 1. The normalized spacial score (nSPS) is 9.00. The first-order valence-electron chi connectivity index (χ1n) is 5.65. The molecule has 1 rings (SSSR count). The van der Waals surface area contributed by atoms with Gasteiger partial charge in [0.2, 0.25) is 11.8 Å². The molecular weight excluding hydrogens is 221 g/mol. The molecular formula is C13H18FNO2. The smallest absolute Gasteiger partial charge is 0.233 e. The molecule has 3 nitrogen and oxygen atoms in total. The van der Waals surface area contributed by atoms with Crippen LogP contribution in [0.5, 0.6) is 0 Å². The number of rotatable bonds is 2. The summed E-state index contributed by atoms with van der Waals surface area (Å²) < 4.78 is 12.9. The molecule has 0 unspecified atom stereocenters. The molecule has 0 aliphatic heterocycles. The van der Waals surface area contributed by atoms with Crippen molar-refractivity contribution in [2.24, 2.45) is 0 Å². The van der Waals surface area contributed by atoms with Gasteiger partial charge in [-0.2, -0.15) is 0 Å². The Hall–Kier alpha value is -1.71. The van der Waals surface area contributed by atoms with E-state index < -0.39 is 11.7 Å². The molecule has 0 fully saturated rings. The summed E-state index contributed by atoms with van der Waals surface area (Å²) in [6.45, 7) is 6.93. The SMILES string of the molecule is CC.CCC(=O)N(C(C)=O)c1cccc(F)c1. The minimum absolute atomic E-state index is 0.204. The summed E-state index contributed by atoms with van der Waals surface area (Å²) in [6.07, 6.45) is 0.204. The fraction of sp³-hybridized carbons (Fsp3) is 0.385. The molecule has 1 aromatic rings. The zero-order chi connectivity index (χ0) is 13.4. The second-order valence-corrected chi connectivity index (χ2v) is 3.08. The van der Waals surface area contributed by atoms with Crippen LogP contribution in [-0.2, 0) is 9.59 Å². The van der Waals surface area contributed by atoms with Crippen LogP contribution in [0.2, 0.25) is 0 Å². The summed E-state index contributed by atoms with van der Waals surface area (Å²) in [5.41, 5.74) is 0.273. The van der Waals surface area contributed by atoms with Crippen molar-refractivity contribution < 1.29 is 14.0 Å². The molecule has 1 aromatic carbocycles. The molecule has 0 aliphatic carbocycles. The molecule has 2 amide bonds. The van der Waals surface area contributed by atoms with Crippen molar-refractivity contribution in [3.8, 4) is 0 Å². The zero-order valence-corrected chi connectivity index (χ0v) is 10.7. The van der Waals surface area contributed by atoms with E-state index in [4.69, 9.17) is 0 Å². The molecule has 0 atom stereocenters. The standard InChI is InChI=1S/C11H12FNO2.C2H6/c1-3-11(15)13(8(2)14)10-6-4-5-9(12)7-10;1-2/h4-7H,3H2,1-2H3;1-2H3. The quantitative estimate of drug-likeness (QED) is 0.795. The van der Waals surface area contributed by atoms with Crippen LogP contribution in [0.3, 0.4) is 0 Å². The highest BCUT2D eigenvalue weighted by atomic mass is 19.1. The van der Waals surface area contributed by atoms with Crippen LogP contribution >= 0.6 is 0 Å². The Morgan fingerprint density at radius 3 is 2.29 bits per heavy atom. The number of halogens is 1. The molecule has 0 spiro atoms. The first-order chi connectivity index (χ1) is 8.06. The van der Waals surface area contributed by atoms with Gasteiger partial charge < -0.3 is 0 Å². The Bertz CT molecular complexity index is 391. The van der Waals surface area contributed by atoms with Gasteiger partial charge in [-0.1, -0.05) is 26.8 Å². The predicted molar refractivity (Wildman–Crippen MR) is 66.2 cm³/mol. The van der Waals surface area contributed by atoms with Gasteiger partial charge in [0.05, 0.1) is 5.69 Å². The van der Waals surface area contributed by atoms with Gasteiger partial charge in [0, 0.05) is 13.3 Å². The molecule has 0 N–H and O–H groups in total. The Morgan fingerprint density at radius 2 is 1.88 bits per heavy atom. The second-order valence-electron chi connectivity index (χ2n) is 3.08. The maximum absolute atomic E-state index is 12.9. The van der Waals surface area contributed by atoms with Crippen LogP contribution in [0.4, 0.5) is 10.1 Å². The molecule has 0 bridgehead atoms. The lowest BCUT2D eigenvalue weighted by molar-refractivity contribution is -0.125. The summed E-state index contributed by atoms with van der Waals surface area (Å²) >= 11 is 0. The number of hydrogen-bond acceptors (Lipinski definition) is 2. The minimum atomic E-state index is -0.470. The van der Waals surface area contributed by atoms with Gasteiger partial charge in [-0.05, 0) is 18.2 Å². The monoisotopic (exact) mass is 239 g/mol. The number of imide groups is 1. The van der Waals surface area contributed by atoms with E-state index in [1.165, 1.54) is 25.1 Å². The van der Waals surface area contributed by atoms with E-state index in [0.29, 0.717) is 0 Å². The van der Waals surface area contributed by atoms with Crippen LogP contribution in [0.15, 0.2) is 24.3 Å². The van der Waals surface area contributed by atoms with Gasteiger partial charge in [0.1, 0.15) is 5.82 Å². The van der Waals surface area contributed by atoms with Gasteiger partial charge in [-0.25, -0.2) is 4.39 Å². The van der Waals surface area contributed by atoms with Crippen LogP contribution < -0.4 is 4.90 Å². The lowest BCUT2D eigenvalue weighted by Gasteiger charge is -2.18. The molecule has 94 valence electrons. The number of benzene rings is 1. The van der Waals surface area contributed by atoms with E-state index in [1.807, 2.05) is 13.8 Å². The first kappa shape index (κ1) is 15.3. The summed E-state index contributed by atoms with van der Waals surface area (Å²) in [4.78, 5) is 23.7. The van der Waals surface area contributed by atoms with Gasteiger partial charge in [-0.3, -0.25) is 14.5 Å². The number of carbonyl (C=O) groups is 2. The van der Waals surface area contributed by atoms with Gasteiger partial charge in [-0.15, -0.1) is 0 Å². The van der Waals surface area contributed by atoms with E-state index in [2.05, 4.69) is 0 Å². The molecule has 17 heavy (non-hydrogen) atoms. The maximum Gasteiger partial charge on any atom is 0.233 e. The molecule has 0 saturated heterocycles. The Labute approximate surface area is 101 Å². The van der Waals surface area contributed by atoms with Crippen molar-refractivity contribution in [1.29, 1.82) is 0 Å². The van der Waals surface area contributed by atoms with Gasteiger partial charge >= 0.3 is 0 Å². The Balaban J connectivity index is 0.00000121. The molecule has 0 aliphatic rings. The predicted octanol–water partition coefficient (Wildman–Crippen LogP) is 3.14. The van der Waals surface area contributed by atoms with Crippen molar-refractivity contribution >= 4 is 17.5 Å². The maximum atomic E-state index is 12.9. The van der Waals surface area contributed by atoms with Crippen molar-refractivity contribution in [2.45, 2.75) is 34.1 Å². The largest absolute Gasteiger partial charge is 0.274 e. The van der Waals surface area contributed by atoms with Crippen LogP contribution in [0.25, 0.3) is 0 Å². The highest BCUT2D eigenvalue weighted by Crippen LogP contribution is 2.16. The molecule has 0 heterocycles. The number of hydrogen-bond donors (Lipinski definition) is 0. The Morgan fingerprint density at radius 1 is 1.29 bits per heavy atom. The van der Waals surface area contributed by atoms with Crippen LogP contribution in [-0.4, -0.2) is 11.8 Å². The average Bonchev–Trinajstić information content (AvgIpc) is 2.31. The topological polar surface area (TPSA) is 37.4 Å². The highest BCUT2D eigenvalue weighted by molar-refractivity contribution is 6.13.